The van der Waals surface area contributed by atoms with Crippen molar-refractivity contribution in [1.82, 2.24) is 5.32 Å². The monoisotopic (exact) mass is 228 g/mol. The molecule has 0 aromatic rings. The average molecular weight is 228 g/mol. The predicted octanol–water partition coefficient (Wildman–Crippen LogP) is 1.05. The zero-order chi connectivity index (χ0) is 12.0. The van der Waals surface area contributed by atoms with Crippen LogP contribution in [0.25, 0.3) is 0 Å². The number of carbonyl (C=O) groups excluding carboxylic acids is 1. The number of ether oxygens (including phenoxy) is 1. The van der Waals surface area contributed by atoms with Crippen molar-refractivity contribution in [3.63, 3.8) is 0 Å². The highest BCUT2D eigenvalue weighted by atomic mass is 16.5. The Kier molecular flexibility index (Phi) is 5.77. The summed E-state index contributed by atoms with van der Waals surface area (Å²) in [5.41, 5.74) is 5.80. The van der Waals surface area contributed by atoms with E-state index in [-0.39, 0.29) is 17.9 Å². The molecular weight excluding hydrogens is 204 g/mol. The molecule has 1 aliphatic carbocycles. The molecule has 0 aromatic heterocycles. The summed E-state index contributed by atoms with van der Waals surface area (Å²) in [5, 5.41) is 2.92. The highest BCUT2D eigenvalue weighted by Gasteiger charge is 2.23. The van der Waals surface area contributed by atoms with Gasteiger partial charge in [-0.2, -0.15) is 0 Å². The molecule has 4 nitrogen and oxygen atoms in total. The van der Waals surface area contributed by atoms with Crippen LogP contribution in [0.3, 0.4) is 0 Å². The summed E-state index contributed by atoms with van der Waals surface area (Å²) in [5.74, 6) is 0.332. The van der Waals surface area contributed by atoms with Gasteiger partial charge in [0.15, 0.2) is 0 Å². The van der Waals surface area contributed by atoms with Crippen LogP contribution in [0.2, 0.25) is 0 Å². The first-order chi connectivity index (χ1) is 7.59. The first-order valence-electron chi connectivity index (χ1n) is 6.24. The normalized spacial score (nSPS) is 25.8. The van der Waals surface area contributed by atoms with E-state index < -0.39 is 0 Å². The van der Waals surface area contributed by atoms with E-state index in [4.69, 9.17) is 10.5 Å². The molecule has 0 heterocycles. The van der Waals surface area contributed by atoms with E-state index in [0.29, 0.717) is 19.2 Å². The predicted molar refractivity (Wildman–Crippen MR) is 64.0 cm³/mol. The molecule has 1 saturated carbocycles. The fourth-order valence-corrected chi connectivity index (χ4v) is 1.99. The van der Waals surface area contributed by atoms with E-state index in [1.807, 2.05) is 13.8 Å². The Labute approximate surface area is 97.9 Å². The van der Waals surface area contributed by atoms with Gasteiger partial charge in [-0.1, -0.05) is 0 Å². The summed E-state index contributed by atoms with van der Waals surface area (Å²) in [6.07, 6.45) is 4.03. The Hall–Kier alpha value is -0.610. The molecule has 0 spiro atoms. The molecular formula is C12H24N2O2. The third-order valence-corrected chi connectivity index (χ3v) is 3.00. The molecule has 3 N–H and O–H groups in total. The van der Waals surface area contributed by atoms with Gasteiger partial charge in [0.1, 0.15) is 0 Å². The SMILES string of the molecule is CC(C)OCCNC(=O)C1CCC(N)CC1. The van der Waals surface area contributed by atoms with Crippen molar-refractivity contribution in [2.75, 3.05) is 13.2 Å². The standard InChI is InChI=1S/C12H24N2O2/c1-9(2)16-8-7-14-12(15)10-3-5-11(13)6-4-10/h9-11H,3-8,13H2,1-2H3,(H,14,15). The van der Waals surface area contributed by atoms with E-state index in [1.165, 1.54) is 0 Å². The maximum atomic E-state index is 11.7. The maximum absolute atomic E-state index is 11.7. The zero-order valence-electron chi connectivity index (χ0n) is 10.4. The van der Waals surface area contributed by atoms with Crippen molar-refractivity contribution in [2.45, 2.75) is 51.7 Å². The van der Waals surface area contributed by atoms with Gasteiger partial charge in [-0.05, 0) is 39.5 Å². The Morgan fingerprint density at radius 1 is 1.38 bits per heavy atom. The second-order valence-electron chi connectivity index (χ2n) is 4.82. The molecule has 94 valence electrons. The fourth-order valence-electron chi connectivity index (χ4n) is 1.99. The molecule has 0 aromatic carbocycles. The summed E-state index contributed by atoms with van der Waals surface area (Å²) in [6, 6.07) is 0.299. The topological polar surface area (TPSA) is 64.3 Å². The number of rotatable bonds is 5. The summed E-state index contributed by atoms with van der Waals surface area (Å²) in [7, 11) is 0. The van der Waals surface area contributed by atoms with Crippen LogP contribution in [0.4, 0.5) is 0 Å². The number of hydrogen-bond donors (Lipinski definition) is 2. The van der Waals surface area contributed by atoms with E-state index in [1.54, 1.807) is 0 Å². The Morgan fingerprint density at radius 3 is 2.56 bits per heavy atom. The Morgan fingerprint density at radius 2 is 2.00 bits per heavy atom. The van der Waals surface area contributed by atoms with Crippen molar-refractivity contribution in [2.24, 2.45) is 11.7 Å². The molecule has 1 amide bonds. The molecule has 1 aliphatic rings. The molecule has 0 aliphatic heterocycles. The van der Waals surface area contributed by atoms with Crippen molar-refractivity contribution < 1.29 is 9.53 Å². The lowest BCUT2D eigenvalue weighted by molar-refractivity contribution is -0.126. The van der Waals surface area contributed by atoms with E-state index in [9.17, 15) is 4.79 Å². The highest BCUT2D eigenvalue weighted by molar-refractivity contribution is 5.78. The van der Waals surface area contributed by atoms with Gasteiger partial charge >= 0.3 is 0 Å². The third kappa shape index (κ3) is 4.94. The van der Waals surface area contributed by atoms with E-state index in [0.717, 1.165) is 25.7 Å². The van der Waals surface area contributed by atoms with Crippen molar-refractivity contribution in [1.29, 1.82) is 0 Å². The number of hydrogen-bond acceptors (Lipinski definition) is 3. The van der Waals surface area contributed by atoms with Crippen LogP contribution in [-0.2, 0) is 9.53 Å². The van der Waals surface area contributed by atoms with Crippen LogP contribution in [0.1, 0.15) is 39.5 Å². The van der Waals surface area contributed by atoms with Gasteiger partial charge in [-0.3, -0.25) is 4.79 Å². The lowest BCUT2D eigenvalue weighted by atomic mass is 9.86. The third-order valence-electron chi connectivity index (χ3n) is 3.00. The van der Waals surface area contributed by atoms with Crippen LogP contribution < -0.4 is 11.1 Å². The van der Waals surface area contributed by atoms with Gasteiger partial charge < -0.3 is 15.8 Å². The lowest BCUT2D eigenvalue weighted by Crippen LogP contribution is -2.37. The zero-order valence-corrected chi connectivity index (χ0v) is 10.4. The first kappa shape index (κ1) is 13.5. The van der Waals surface area contributed by atoms with Gasteiger partial charge in [-0.15, -0.1) is 0 Å². The molecule has 0 radical (unpaired) electrons. The molecule has 0 unspecified atom stereocenters. The maximum Gasteiger partial charge on any atom is 0.223 e. The van der Waals surface area contributed by atoms with Crippen LogP contribution >= 0.6 is 0 Å². The molecule has 0 atom stereocenters. The average Bonchev–Trinajstić information content (AvgIpc) is 2.25. The van der Waals surface area contributed by atoms with Gasteiger partial charge in [0.05, 0.1) is 12.7 Å². The number of nitrogens with two attached hydrogens (primary N) is 1. The second-order valence-corrected chi connectivity index (χ2v) is 4.82. The number of amides is 1. The second kappa shape index (κ2) is 6.86. The first-order valence-corrected chi connectivity index (χ1v) is 6.24. The van der Waals surface area contributed by atoms with Gasteiger partial charge in [0.25, 0.3) is 0 Å². The molecule has 1 fully saturated rings. The van der Waals surface area contributed by atoms with Gasteiger partial charge in [0.2, 0.25) is 5.91 Å². The quantitative estimate of drug-likeness (QED) is 0.691. The van der Waals surface area contributed by atoms with Crippen LogP contribution in [0.5, 0.6) is 0 Å². The van der Waals surface area contributed by atoms with E-state index >= 15 is 0 Å². The Balaban J connectivity index is 2.10. The van der Waals surface area contributed by atoms with Crippen molar-refractivity contribution in [3.8, 4) is 0 Å². The molecule has 0 saturated heterocycles. The highest BCUT2D eigenvalue weighted by Crippen LogP contribution is 2.22. The van der Waals surface area contributed by atoms with Crippen LogP contribution in [0, 0.1) is 5.92 Å². The molecule has 1 rings (SSSR count). The van der Waals surface area contributed by atoms with Crippen LogP contribution in [0.15, 0.2) is 0 Å². The van der Waals surface area contributed by atoms with Gasteiger partial charge in [0, 0.05) is 18.5 Å². The fraction of sp³-hybridized carbons (Fsp3) is 0.917. The largest absolute Gasteiger partial charge is 0.377 e. The Bertz CT molecular complexity index is 211. The summed E-state index contributed by atoms with van der Waals surface area (Å²) in [4.78, 5) is 11.7. The molecule has 4 heteroatoms. The summed E-state index contributed by atoms with van der Waals surface area (Å²) >= 11 is 0. The van der Waals surface area contributed by atoms with Crippen molar-refractivity contribution >= 4 is 5.91 Å². The summed E-state index contributed by atoms with van der Waals surface area (Å²) in [6.45, 7) is 5.18. The molecule has 16 heavy (non-hydrogen) atoms. The number of nitrogens with one attached hydrogen (secondary N) is 1. The smallest absolute Gasteiger partial charge is 0.223 e. The minimum absolute atomic E-state index is 0.166. The van der Waals surface area contributed by atoms with Crippen LogP contribution in [-0.4, -0.2) is 31.2 Å². The lowest BCUT2D eigenvalue weighted by Gasteiger charge is -2.25. The van der Waals surface area contributed by atoms with Crippen molar-refractivity contribution in [3.05, 3.63) is 0 Å². The minimum Gasteiger partial charge on any atom is -0.377 e. The van der Waals surface area contributed by atoms with E-state index in [2.05, 4.69) is 5.32 Å². The molecule has 0 bridgehead atoms. The summed E-state index contributed by atoms with van der Waals surface area (Å²) < 4.78 is 5.36. The van der Waals surface area contributed by atoms with Gasteiger partial charge in [-0.25, -0.2) is 0 Å². The number of carbonyl (C=O) groups is 1. The minimum atomic E-state index is 0.166.